The van der Waals surface area contributed by atoms with E-state index < -0.39 is 0 Å². The number of fused-ring (bicyclic) bond motifs is 10. The van der Waals surface area contributed by atoms with Crippen molar-refractivity contribution in [2.75, 3.05) is 0 Å². The maximum Gasteiger partial charge on any atom is 0.331 e. The number of allylic oxidation sites excluding steroid dienone is 2. The minimum absolute atomic E-state index is 0.119. The van der Waals surface area contributed by atoms with Crippen LogP contribution in [-0.2, 0) is 9.53 Å². The van der Waals surface area contributed by atoms with Gasteiger partial charge in [0.15, 0.2) is 0 Å². The highest BCUT2D eigenvalue weighted by molar-refractivity contribution is 5.96. The molecular weight excluding hydrogens is 350 g/mol. The number of hydrogen-bond donors (Lipinski definition) is 1. The van der Waals surface area contributed by atoms with E-state index in [1.54, 1.807) is 11.6 Å². The van der Waals surface area contributed by atoms with Gasteiger partial charge in [0, 0.05) is 17.4 Å². The van der Waals surface area contributed by atoms with Gasteiger partial charge >= 0.3 is 5.97 Å². The average molecular weight is 380 g/mol. The van der Waals surface area contributed by atoms with Crippen LogP contribution in [0.25, 0.3) is 0 Å². The van der Waals surface area contributed by atoms with Crippen LogP contribution in [0, 0.1) is 46.3 Å². The Balaban J connectivity index is 1.30. The second kappa shape index (κ2) is 4.76. The summed E-state index contributed by atoms with van der Waals surface area (Å²) in [4.78, 5) is 12.1. The Hall–Kier alpha value is -1.58. The molecule has 4 heteroatoms. The molecule has 0 saturated heterocycles. The summed E-state index contributed by atoms with van der Waals surface area (Å²) in [6.07, 6.45) is 15.8. The predicted octanol–water partition coefficient (Wildman–Crippen LogP) is 4.49. The highest BCUT2D eigenvalue weighted by Crippen LogP contribution is 2.79. The lowest BCUT2D eigenvalue weighted by atomic mass is 9.47. The van der Waals surface area contributed by atoms with E-state index >= 15 is 0 Å². The Morgan fingerprint density at radius 2 is 2.04 bits per heavy atom. The van der Waals surface area contributed by atoms with Crippen molar-refractivity contribution in [1.29, 1.82) is 0 Å². The zero-order valence-electron chi connectivity index (χ0n) is 16.6. The number of oxime groups is 1. The standard InChI is InChI=1S/C24H29NO3/c1-22-6-4-14-15-3-2-13(25-27)10-18(15)23(8-9-23)12-17(14)21(22)16-11-19(16)24(22)7-5-20(26)28-24/h5,7,10,14-17,19,21,27H,2-4,6,8-9,11-12H2,1H3/b25-13+/t14?,15-,16+,17?,19-,21?,22+,24+/m1/s1. The molecule has 0 aromatic carbocycles. The normalized spacial score (nSPS) is 55.4. The summed E-state index contributed by atoms with van der Waals surface area (Å²) in [5, 5.41) is 12.9. The molecule has 0 aromatic rings. The lowest BCUT2D eigenvalue weighted by Crippen LogP contribution is -2.55. The number of esters is 1. The second-order valence-electron chi connectivity index (χ2n) is 11.2. The van der Waals surface area contributed by atoms with Crippen molar-refractivity contribution in [2.45, 2.75) is 63.9 Å². The van der Waals surface area contributed by atoms with E-state index in [4.69, 9.17) is 4.74 Å². The number of rotatable bonds is 0. The fourth-order valence-electron chi connectivity index (χ4n) is 9.17. The SMILES string of the molecule is C[C@]12CCC3C(CC4(CC4)C4=C/C(=N/O)CC[C@@H]43)C1[C@H]1C[C@H]1[C@@]21C=CC(=O)O1. The molecule has 5 saturated carbocycles. The maximum absolute atomic E-state index is 12.1. The van der Waals surface area contributed by atoms with Crippen molar-refractivity contribution in [2.24, 2.45) is 51.5 Å². The number of carbonyl (C=O) groups excluding carboxylic acids is 1. The topological polar surface area (TPSA) is 58.9 Å². The summed E-state index contributed by atoms with van der Waals surface area (Å²) in [5.41, 5.74) is 2.72. The van der Waals surface area contributed by atoms with Gasteiger partial charge in [-0.25, -0.2) is 4.79 Å². The van der Waals surface area contributed by atoms with Gasteiger partial charge in [0.05, 0.1) is 5.71 Å². The van der Waals surface area contributed by atoms with Crippen LogP contribution in [-0.4, -0.2) is 22.5 Å². The van der Waals surface area contributed by atoms with E-state index in [0.29, 0.717) is 23.2 Å². The number of hydrogen-bond acceptors (Lipinski definition) is 4. The van der Waals surface area contributed by atoms with E-state index in [-0.39, 0.29) is 17.0 Å². The predicted molar refractivity (Wildman–Crippen MR) is 104 cm³/mol. The van der Waals surface area contributed by atoms with Crippen molar-refractivity contribution in [3.05, 3.63) is 23.8 Å². The highest BCUT2D eigenvalue weighted by Gasteiger charge is 2.78. The van der Waals surface area contributed by atoms with Crippen LogP contribution in [0.4, 0.5) is 0 Å². The first-order chi connectivity index (χ1) is 13.5. The van der Waals surface area contributed by atoms with Crippen LogP contribution in [0.2, 0.25) is 0 Å². The molecule has 0 amide bonds. The van der Waals surface area contributed by atoms with Crippen LogP contribution >= 0.6 is 0 Å². The molecule has 7 aliphatic rings. The van der Waals surface area contributed by atoms with Crippen molar-refractivity contribution in [3.63, 3.8) is 0 Å². The average Bonchev–Trinajstić information content (AvgIpc) is 3.60. The van der Waals surface area contributed by atoms with Crippen molar-refractivity contribution in [1.82, 2.24) is 0 Å². The van der Waals surface area contributed by atoms with Gasteiger partial charge in [-0.15, -0.1) is 0 Å². The van der Waals surface area contributed by atoms with E-state index in [9.17, 15) is 10.0 Å². The summed E-state index contributed by atoms with van der Waals surface area (Å²) in [6.45, 7) is 2.45. The van der Waals surface area contributed by atoms with Crippen molar-refractivity contribution < 1.29 is 14.7 Å². The molecule has 1 N–H and O–H groups in total. The first-order valence-electron chi connectivity index (χ1n) is 11.4. The summed E-state index contributed by atoms with van der Waals surface area (Å²) in [7, 11) is 0. The molecule has 0 aromatic heterocycles. The molecule has 0 radical (unpaired) electrons. The van der Waals surface area contributed by atoms with Crippen LogP contribution in [0.15, 0.2) is 29.0 Å². The Kier molecular flexibility index (Phi) is 2.76. The fourth-order valence-corrected chi connectivity index (χ4v) is 9.17. The Labute approximate surface area is 166 Å². The number of nitrogens with zero attached hydrogens (tertiary/aromatic N) is 1. The van der Waals surface area contributed by atoms with Gasteiger partial charge in [-0.3, -0.25) is 0 Å². The molecule has 3 unspecified atom stereocenters. The van der Waals surface area contributed by atoms with Gasteiger partial charge in [-0.2, -0.15) is 0 Å². The van der Waals surface area contributed by atoms with Gasteiger partial charge in [0.25, 0.3) is 0 Å². The Bertz CT molecular complexity index is 882. The van der Waals surface area contributed by atoms with E-state index in [2.05, 4.69) is 24.2 Å². The fraction of sp³-hybridized carbons (Fsp3) is 0.750. The molecular formula is C24H29NO3. The Morgan fingerprint density at radius 3 is 2.75 bits per heavy atom. The molecule has 7 rings (SSSR count). The third-order valence-corrected chi connectivity index (χ3v) is 10.4. The Morgan fingerprint density at radius 1 is 1.18 bits per heavy atom. The van der Waals surface area contributed by atoms with E-state index in [0.717, 1.165) is 36.3 Å². The summed E-state index contributed by atoms with van der Waals surface area (Å²) in [6, 6.07) is 0. The zero-order valence-corrected chi connectivity index (χ0v) is 16.6. The molecule has 6 aliphatic carbocycles. The molecule has 4 nitrogen and oxygen atoms in total. The summed E-state index contributed by atoms with van der Waals surface area (Å²) in [5.74, 6) is 4.14. The monoisotopic (exact) mass is 379 g/mol. The molecule has 148 valence electrons. The third-order valence-electron chi connectivity index (χ3n) is 10.4. The minimum atomic E-state index is -0.305. The molecule has 0 bridgehead atoms. The van der Waals surface area contributed by atoms with Crippen molar-refractivity contribution >= 4 is 11.7 Å². The number of ether oxygens (including phenoxy) is 1. The zero-order chi connectivity index (χ0) is 18.9. The first-order valence-corrected chi connectivity index (χ1v) is 11.4. The summed E-state index contributed by atoms with van der Waals surface area (Å²) >= 11 is 0. The molecule has 1 aliphatic heterocycles. The van der Waals surface area contributed by atoms with Crippen LogP contribution in [0.3, 0.4) is 0 Å². The lowest BCUT2D eigenvalue weighted by molar-refractivity contribution is -0.168. The molecule has 1 heterocycles. The number of carbonyl (C=O) groups is 1. The van der Waals surface area contributed by atoms with Crippen molar-refractivity contribution in [3.8, 4) is 0 Å². The highest BCUT2D eigenvalue weighted by atomic mass is 16.6. The van der Waals surface area contributed by atoms with E-state index in [1.165, 1.54) is 38.5 Å². The maximum atomic E-state index is 12.1. The largest absolute Gasteiger partial charge is 0.451 e. The second-order valence-corrected chi connectivity index (χ2v) is 11.2. The van der Waals surface area contributed by atoms with Gasteiger partial charge < -0.3 is 9.94 Å². The first kappa shape index (κ1) is 16.2. The van der Waals surface area contributed by atoms with Crippen LogP contribution in [0.1, 0.15) is 58.3 Å². The van der Waals surface area contributed by atoms with Gasteiger partial charge in [0.2, 0.25) is 0 Å². The molecule has 8 atom stereocenters. The molecule has 28 heavy (non-hydrogen) atoms. The van der Waals surface area contributed by atoms with Crippen LogP contribution < -0.4 is 0 Å². The summed E-state index contributed by atoms with van der Waals surface area (Å²) < 4.78 is 6.11. The third kappa shape index (κ3) is 1.68. The van der Waals surface area contributed by atoms with Gasteiger partial charge in [-0.05, 0) is 98.5 Å². The smallest absolute Gasteiger partial charge is 0.331 e. The van der Waals surface area contributed by atoms with E-state index in [1.807, 2.05) is 0 Å². The van der Waals surface area contributed by atoms with Crippen LogP contribution in [0.5, 0.6) is 0 Å². The quantitative estimate of drug-likeness (QED) is 0.383. The lowest BCUT2D eigenvalue weighted by Gasteiger charge is -2.58. The minimum Gasteiger partial charge on any atom is -0.451 e. The van der Waals surface area contributed by atoms with Gasteiger partial charge in [-0.1, -0.05) is 17.7 Å². The van der Waals surface area contributed by atoms with Gasteiger partial charge in [0.1, 0.15) is 5.60 Å². The molecule has 2 spiro atoms. The molecule has 5 fully saturated rings.